The van der Waals surface area contributed by atoms with Crippen LogP contribution in [0.15, 0.2) is 24.3 Å². The van der Waals surface area contributed by atoms with Gasteiger partial charge in [0, 0.05) is 5.97 Å². The van der Waals surface area contributed by atoms with Crippen LogP contribution in [0.3, 0.4) is 0 Å². The Morgan fingerprint density at radius 3 is 2.72 bits per heavy atom. The minimum atomic E-state index is -1.25. The molecule has 2 amide bonds. The molecule has 6 heteroatoms. The Labute approximate surface area is 103 Å². The molecule has 1 aliphatic heterocycles. The number of carboxylic acids is 1. The lowest BCUT2D eigenvalue weighted by atomic mass is 10.1. The second kappa shape index (κ2) is 4.87. The third-order valence-electron chi connectivity index (χ3n) is 2.69. The lowest BCUT2D eigenvalue weighted by Crippen LogP contribution is -2.42. The summed E-state index contributed by atoms with van der Waals surface area (Å²) in [6, 6.07) is 5.74. The molecule has 0 saturated carbocycles. The van der Waals surface area contributed by atoms with Gasteiger partial charge in [0.1, 0.15) is 6.04 Å². The monoisotopic (exact) mass is 247 g/mol. The fourth-order valence-electron chi connectivity index (χ4n) is 1.78. The topological polar surface area (TPSA) is 98.3 Å². The second-order valence-electron chi connectivity index (χ2n) is 3.97. The van der Waals surface area contributed by atoms with Gasteiger partial charge in [0.15, 0.2) is 0 Å². The molecule has 2 N–H and O–H groups in total. The molecule has 0 aromatic heterocycles. The third-order valence-corrected chi connectivity index (χ3v) is 2.69. The van der Waals surface area contributed by atoms with Gasteiger partial charge in [-0.05, 0) is 25.0 Å². The van der Waals surface area contributed by atoms with E-state index in [1.807, 2.05) is 0 Å². The molecule has 1 atom stereocenters. The van der Waals surface area contributed by atoms with Crippen molar-refractivity contribution in [2.45, 2.75) is 18.9 Å². The summed E-state index contributed by atoms with van der Waals surface area (Å²) in [7, 11) is 0. The quantitative estimate of drug-likeness (QED) is 0.735. The third kappa shape index (κ3) is 2.48. The number of carboxylic acid groups (broad SMARTS) is 1. The number of rotatable bonds is 3. The summed E-state index contributed by atoms with van der Waals surface area (Å²) in [4.78, 5) is 34.0. The van der Waals surface area contributed by atoms with Crippen molar-refractivity contribution in [1.29, 1.82) is 0 Å². The number of benzene rings is 1. The summed E-state index contributed by atoms with van der Waals surface area (Å²) in [5.41, 5.74) is 0.790. The van der Waals surface area contributed by atoms with Gasteiger partial charge >= 0.3 is 0 Å². The molecule has 6 nitrogen and oxygen atoms in total. The number of amides is 2. The number of aliphatic carboxylic acids is 1. The van der Waals surface area contributed by atoms with Crippen molar-refractivity contribution in [2.24, 2.45) is 0 Å². The molecule has 0 bridgehead atoms. The Bertz CT molecular complexity index is 513. The van der Waals surface area contributed by atoms with Crippen LogP contribution in [0.5, 0.6) is 0 Å². The van der Waals surface area contributed by atoms with Crippen LogP contribution in [0.25, 0.3) is 0 Å². The van der Waals surface area contributed by atoms with Gasteiger partial charge in [-0.3, -0.25) is 9.59 Å². The number of hydrogen-bond acceptors (Lipinski definition) is 4. The Balaban J connectivity index is 2.19. The molecule has 2 rings (SSSR count). The van der Waals surface area contributed by atoms with E-state index in [0.29, 0.717) is 11.3 Å². The minimum absolute atomic E-state index is 0.00783. The highest BCUT2D eigenvalue weighted by Gasteiger charge is 2.26. The first kappa shape index (κ1) is 12.1. The molecule has 0 unspecified atom stereocenters. The summed E-state index contributed by atoms with van der Waals surface area (Å²) < 4.78 is 0. The molecule has 1 aromatic carbocycles. The first-order chi connectivity index (χ1) is 8.58. The summed E-state index contributed by atoms with van der Waals surface area (Å²) in [5, 5.41) is 15.5. The SMILES string of the molecule is O=C([O-])CC[C@@H]1NC(=O)c2ccccc2NC1=O. The average molecular weight is 247 g/mol. The Hall–Kier alpha value is -2.37. The first-order valence-corrected chi connectivity index (χ1v) is 5.48. The number of para-hydroxylation sites is 1. The van der Waals surface area contributed by atoms with Crippen molar-refractivity contribution in [1.82, 2.24) is 5.32 Å². The zero-order valence-electron chi connectivity index (χ0n) is 9.43. The first-order valence-electron chi connectivity index (χ1n) is 5.48. The average Bonchev–Trinajstić information content (AvgIpc) is 2.45. The van der Waals surface area contributed by atoms with Crippen LogP contribution in [0.1, 0.15) is 23.2 Å². The van der Waals surface area contributed by atoms with Crippen molar-refractivity contribution >= 4 is 23.5 Å². The van der Waals surface area contributed by atoms with Crippen molar-refractivity contribution < 1.29 is 19.5 Å². The van der Waals surface area contributed by atoms with Crippen LogP contribution < -0.4 is 15.7 Å². The van der Waals surface area contributed by atoms with Gasteiger partial charge < -0.3 is 20.5 Å². The van der Waals surface area contributed by atoms with Crippen LogP contribution in [0, 0.1) is 0 Å². The van der Waals surface area contributed by atoms with E-state index in [1.165, 1.54) is 0 Å². The van der Waals surface area contributed by atoms with Crippen molar-refractivity contribution in [3.8, 4) is 0 Å². The van der Waals surface area contributed by atoms with E-state index in [-0.39, 0.29) is 12.8 Å². The zero-order valence-corrected chi connectivity index (χ0v) is 9.43. The van der Waals surface area contributed by atoms with E-state index in [0.717, 1.165) is 0 Å². The van der Waals surface area contributed by atoms with E-state index >= 15 is 0 Å². The van der Waals surface area contributed by atoms with E-state index in [2.05, 4.69) is 10.6 Å². The maximum atomic E-state index is 11.8. The van der Waals surface area contributed by atoms with Crippen LogP contribution in [-0.2, 0) is 9.59 Å². The molecular weight excluding hydrogens is 236 g/mol. The molecule has 94 valence electrons. The highest BCUT2D eigenvalue weighted by atomic mass is 16.4. The molecule has 18 heavy (non-hydrogen) atoms. The van der Waals surface area contributed by atoms with Crippen molar-refractivity contribution in [3.63, 3.8) is 0 Å². The molecule has 0 saturated heterocycles. The molecule has 0 aliphatic carbocycles. The lowest BCUT2D eigenvalue weighted by molar-refractivity contribution is -0.305. The maximum Gasteiger partial charge on any atom is 0.254 e. The molecular formula is C12H11N2O4-. The number of anilines is 1. The summed E-state index contributed by atoms with van der Waals surface area (Å²) in [6.07, 6.45) is -0.275. The summed E-state index contributed by atoms with van der Waals surface area (Å²) in [6.45, 7) is 0. The van der Waals surface area contributed by atoms with Crippen LogP contribution >= 0.6 is 0 Å². The number of nitrogens with one attached hydrogen (secondary N) is 2. The Morgan fingerprint density at radius 2 is 2.00 bits per heavy atom. The van der Waals surface area contributed by atoms with E-state index in [4.69, 9.17) is 0 Å². The van der Waals surface area contributed by atoms with Gasteiger partial charge in [-0.25, -0.2) is 0 Å². The van der Waals surface area contributed by atoms with E-state index < -0.39 is 23.8 Å². The highest BCUT2D eigenvalue weighted by Crippen LogP contribution is 2.18. The number of carbonyl (C=O) groups is 3. The van der Waals surface area contributed by atoms with Crippen molar-refractivity contribution in [3.05, 3.63) is 29.8 Å². The standard InChI is InChI=1S/C12H12N2O4/c15-10(16)6-5-9-12(18)13-8-4-2-1-3-7(8)11(17)14-9/h1-4,9H,5-6H2,(H,13,18)(H,14,17)(H,15,16)/p-1/t9-/m0/s1. The van der Waals surface area contributed by atoms with E-state index in [1.54, 1.807) is 24.3 Å². The van der Waals surface area contributed by atoms with Gasteiger partial charge in [-0.1, -0.05) is 12.1 Å². The van der Waals surface area contributed by atoms with Crippen LogP contribution in [0.2, 0.25) is 0 Å². The molecule has 1 heterocycles. The Morgan fingerprint density at radius 1 is 1.28 bits per heavy atom. The van der Waals surface area contributed by atoms with Gasteiger partial charge in [-0.2, -0.15) is 0 Å². The number of carbonyl (C=O) groups excluding carboxylic acids is 3. The van der Waals surface area contributed by atoms with Gasteiger partial charge in [0.25, 0.3) is 5.91 Å². The number of hydrogen-bond donors (Lipinski definition) is 2. The fraction of sp³-hybridized carbons (Fsp3) is 0.250. The summed E-state index contributed by atoms with van der Waals surface area (Å²) in [5.74, 6) is -2.07. The Kier molecular flexibility index (Phi) is 3.27. The minimum Gasteiger partial charge on any atom is -0.550 e. The molecule has 1 aromatic rings. The van der Waals surface area contributed by atoms with E-state index in [9.17, 15) is 19.5 Å². The zero-order chi connectivity index (χ0) is 13.1. The normalized spacial score (nSPS) is 18.3. The molecule has 0 spiro atoms. The van der Waals surface area contributed by atoms with Crippen LogP contribution in [-0.4, -0.2) is 23.8 Å². The second-order valence-corrected chi connectivity index (χ2v) is 3.97. The van der Waals surface area contributed by atoms with Gasteiger partial charge in [-0.15, -0.1) is 0 Å². The lowest BCUT2D eigenvalue weighted by Gasteiger charge is -2.14. The highest BCUT2D eigenvalue weighted by molar-refractivity contribution is 6.09. The molecule has 0 radical (unpaired) electrons. The van der Waals surface area contributed by atoms with Crippen LogP contribution in [0.4, 0.5) is 5.69 Å². The smallest absolute Gasteiger partial charge is 0.254 e. The summed E-state index contributed by atoms with van der Waals surface area (Å²) >= 11 is 0. The van der Waals surface area contributed by atoms with Gasteiger partial charge in [0.05, 0.1) is 11.3 Å². The largest absolute Gasteiger partial charge is 0.550 e. The molecule has 0 fully saturated rings. The predicted octanol–water partition coefficient (Wildman–Crippen LogP) is -0.733. The van der Waals surface area contributed by atoms with Gasteiger partial charge in [0.2, 0.25) is 5.91 Å². The molecule has 1 aliphatic rings. The number of fused-ring (bicyclic) bond motifs is 1. The fourth-order valence-corrected chi connectivity index (χ4v) is 1.78. The predicted molar refractivity (Wildman–Crippen MR) is 60.6 cm³/mol. The maximum absolute atomic E-state index is 11.8. The van der Waals surface area contributed by atoms with Crippen molar-refractivity contribution in [2.75, 3.05) is 5.32 Å².